The van der Waals surface area contributed by atoms with Crippen LogP contribution in [0, 0.1) is 16.0 Å². The number of amides is 1. The molecule has 2 aromatic rings. The number of hydrogen-bond acceptors (Lipinski definition) is 5. The summed E-state index contributed by atoms with van der Waals surface area (Å²) in [5, 5.41) is 20.1. The normalized spacial score (nSPS) is 20.1. The van der Waals surface area contributed by atoms with E-state index in [1.54, 1.807) is 0 Å². The van der Waals surface area contributed by atoms with Gasteiger partial charge in [0, 0.05) is 25.1 Å². The Morgan fingerprint density at radius 3 is 2.46 bits per heavy atom. The fourth-order valence-electron chi connectivity index (χ4n) is 2.95. The van der Waals surface area contributed by atoms with Gasteiger partial charge < -0.3 is 10.0 Å². The Kier molecular flexibility index (Phi) is 4.30. The zero-order valence-electron chi connectivity index (χ0n) is 12.5. The summed E-state index contributed by atoms with van der Waals surface area (Å²) in [4.78, 5) is 36.0. The van der Waals surface area contributed by atoms with Crippen molar-refractivity contribution in [2.75, 3.05) is 13.1 Å². The van der Waals surface area contributed by atoms with Crippen molar-refractivity contribution in [1.82, 2.24) is 4.90 Å². The molecule has 7 nitrogen and oxygen atoms in total. The second kappa shape index (κ2) is 6.40. The molecule has 1 aliphatic heterocycles. The van der Waals surface area contributed by atoms with Gasteiger partial charge in [-0.05, 0) is 11.6 Å². The molecule has 0 saturated carbocycles. The van der Waals surface area contributed by atoms with Crippen molar-refractivity contribution in [1.29, 1.82) is 0 Å². The van der Waals surface area contributed by atoms with Crippen molar-refractivity contribution < 1.29 is 19.6 Å². The second-order valence-corrected chi connectivity index (χ2v) is 6.63. The van der Waals surface area contributed by atoms with Crippen LogP contribution >= 0.6 is 11.3 Å². The minimum absolute atomic E-state index is 0.0967. The maximum Gasteiger partial charge on any atom is 0.324 e. The van der Waals surface area contributed by atoms with Gasteiger partial charge in [0.15, 0.2) is 0 Å². The van der Waals surface area contributed by atoms with Crippen LogP contribution in [0.2, 0.25) is 0 Å². The number of hydrogen-bond donors (Lipinski definition) is 1. The van der Waals surface area contributed by atoms with Gasteiger partial charge in [0.05, 0.1) is 15.7 Å². The summed E-state index contributed by atoms with van der Waals surface area (Å²) < 4.78 is 0. The first kappa shape index (κ1) is 16.1. The number of carboxylic acid groups (broad SMARTS) is 1. The average molecular weight is 346 g/mol. The van der Waals surface area contributed by atoms with Crippen LogP contribution in [-0.4, -0.2) is 39.9 Å². The molecule has 1 amide bonds. The van der Waals surface area contributed by atoms with E-state index in [1.807, 2.05) is 30.3 Å². The van der Waals surface area contributed by atoms with E-state index in [0.29, 0.717) is 0 Å². The molecule has 124 valence electrons. The Labute approximate surface area is 141 Å². The van der Waals surface area contributed by atoms with Gasteiger partial charge in [-0.1, -0.05) is 41.7 Å². The number of carboxylic acids is 1. The van der Waals surface area contributed by atoms with Crippen LogP contribution in [0.3, 0.4) is 0 Å². The van der Waals surface area contributed by atoms with E-state index in [0.717, 1.165) is 16.9 Å². The summed E-state index contributed by atoms with van der Waals surface area (Å²) in [5.41, 5.74) is 0.873. The highest BCUT2D eigenvalue weighted by atomic mass is 32.1. The Bertz CT molecular complexity index is 789. The first-order valence-electron chi connectivity index (χ1n) is 7.28. The number of thiophene rings is 1. The zero-order chi connectivity index (χ0) is 17.3. The van der Waals surface area contributed by atoms with E-state index < -0.39 is 16.8 Å². The van der Waals surface area contributed by atoms with Gasteiger partial charge in [0.25, 0.3) is 5.91 Å². The number of rotatable bonds is 4. The number of carbonyl (C=O) groups excluding carboxylic acids is 1. The third-order valence-corrected chi connectivity index (χ3v) is 5.16. The molecule has 1 N–H and O–H groups in total. The van der Waals surface area contributed by atoms with Gasteiger partial charge in [0.2, 0.25) is 0 Å². The standard InChI is InChI=1S/C16H14N2O5S/c19-15(13-6-7-14(24-13)18(22)23)17-8-11(12(9-17)16(20)21)10-4-2-1-3-5-10/h1-7,11-12H,8-9H2,(H,20,21). The zero-order valence-corrected chi connectivity index (χ0v) is 13.3. The van der Waals surface area contributed by atoms with E-state index in [-0.39, 0.29) is 34.8 Å². The molecule has 0 radical (unpaired) electrons. The molecule has 1 fully saturated rings. The summed E-state index contributed by atoms with van der Waals surface area (Å²) in [6, 6.07) is 11.9. The van der Waals surface area contributed by atoms with Gasteiger partial charge >= 0.3 is 11.0 Å². The Balaban J connectivity index is 1.83. The fraction of sp³-hybridized carbons (Fsp3) is 0.250. The van der Waals surface area contributed by atoms with E-state index in [2.05, 4.69) is 0 Å². The van der Waals surface area contributed by atoms with Crippen LogP contribution in [0.4, 0.5) is 5.00 Å². The maximum absolute atomic E-state index is 12.5. The summed E-state index contributed by atoms with van der Waals surface area (Å²) in [7, 11) is 0. The van der Waals surface area contributed by atoms with Crippen LogP contribution in [0.15, 0.2) is 42.5 Å². The third-order valence-electron chi connectivity index (χ3n) is 4.13. The predicted octanol–water partition coefficient (Wildman–Crippen LogP) is 2.60. The molecule has 0 aliphatic carbocycles. The van der Waals surface area contributed by atoms with Crippen LogP contribution in [0.5, 0.6) is 0 Å². The lowest BCUT2D eigenvalue weighted by molar-refractivity contribution is -0.380. The molecule has 3 rings (SSSR count). The van der Waals surface area contributed by atoms with Crippen molar-refractivity contribution >= 4 is 28.2 Å². The lowest BCUT2D eigenvalue weighted by Gasteiger charge is -2.15. The monoisotopic (exact) mass is 346 g/mol. The highest BCUT2D eigenvalue weighted by molar-refractivity contribution is 7.17. The Morgan fingerprint density at radius 2 is 1.88 bits per heavy atom. The minimum atomic E-state index is -0.948. The molecular formula is C16H14N2O5S. The predicted molar refractivity (Wildman–Crippen MR) is 87.2 cm³/mol. The van der Waals surface area contributed by atoms with Crippen LogP contribution in [0.25, 0.3) is 0 Å². The van der Waals surface area contributed by atoms with Crippen molar-refractivity contribution in [2.45, 2.75) is 5.92 Å². The topological polar surface area (TPSA) is 101 Å². The molecule has 1 aromatic carbocycles. The van der Waals surface area contributed by atoms with E-state index in [4.69, 9.17) is 0 Å². The first-order chi connectivity index (χ1) is 11.5. The Morgan fingerprint density at radius 1 is 1.17 bits per heavy atom. The first-order valence-corrected chi connectivity index (χ1v) is 8.10. The van der Waals surface area contributed by atoms with Gasteiger partial charge in [-0.15, -0.1) is 0 Å². The number of nitrogens with zero attached hydrogens (tertiary/aromatic N) is 2. The molecule has 2 atom stereocenters. The van der Waals surface area contributed by atoms with Gasteiger partial charge in [-0.3, -0.25) is 19.7 Å². The Hall–Kier alpha value is -2.74. The average Bonchev–Trinajstić information content (AvgIpc) is 3.22. The van der Waals surface area contributed by atoms with Gasteiger partial charge in [0.1, 0.15) is 0 Å². The number of carbonyl (C=O) groups is 2. The molecule has 2 unspecified atom stereocenters. The molecule has 1 saturated heterocycles. The number of benzene rings is 1. The molecule has 1 aromatic heterocycles. The van der Waals surface area contributed by atoms with Crippen LogP contribution < -0.4 is 0 Å². The fourth-order valence-corrected chi connectivity index (χ4v) is 3.74. The van der Waals surface area contributed by atoms with Crippen LogP contribution in [0.1, 0.15) is 21.2 Å². The van der Waals surface area contributed by atoms with Crippen molar-refractivity contribution in [3.05, 3.63) is 63.0 Å². The van der Waals surface area contributed by atoms with E-state index in [1.165, 1.54) is 17.0 Å². The molecule has 24 heavy (non-hydrogen) atoms. The SMILES string of the molecule is O=C(O)C1CN(C(=O)c2ccc([N+](=O)[O-])s2)CC1c1ccccc1. The van der Waals surface area contributed by atoms with Gasteiger partial charge in [-0.25, -0.2) is 0 Å². The highest BCUT2D eigenvalue weighted by Crippen LogP contribution is 2.35. The molecule has 0 bridgehead atoms. The summed E-state index contributed by atoms with van der Waals surface area (Å²) in [5.74, 6) is -2.29. The van der Waals surface area contributed by atoms with Crippen molar-refractivity contribution in [2.24, 2.45) is 5.92 Å². The summed E-state index contributed by atoms with van der Waals surface area (Å²) in [6.45, 7) is 0.380. The summed E-state index contributed by atoms with van der Waals surface area (Å²) in [6.07, 6.45) is 0. The summed E-state index contributed by atoms with van der Waals surface area (Å²) >= 11 is 0.805. The second-order valence-electron chi connectivity index (χ2n) is 5.57. The smallest absolute Gasteiger partial charge is 0.324 e. The van der Waals surface area contributed by atoms with E-state index >= 15 is 0 Å². The number of aliphatic carboxylic acids is 1. The largest absolute Gasteiger partial charge is 0.481 e. The molecule has 1 aliphatic rings. The molecule has 2 heterocycles. The van der Waals surface area contributed by atoms with E-state index in [9.17, 15) is 24.8 Å². The quantitative estimate of drug-likeness (QED) is 0.677. The maximum atomic E-state index is 12.5. The highest BCUT2D eigenvalue weighted by Gasteiger charge is 2.41. The lowest BCUT2D eigenvalue weighted by Crippen LogP contribution is -2.29. The van der Waals surface area contributed by atoms with Crippen molar-refractivity contribution in [3.63, 3.8) is 0 Å². The number of likely N-dealkylation sites (tertiary alicyclic amines) is 1. The van der Waals surface area contributed by atoms with Crippen molar-refractivity contribution in [3.8, 4) is 0 Å². The minimum Gasteiger partial charge on any atom is -0.481 e. The number of nitro groups is 1. The third kappa shape index (κ3) is 3.00. The molecular weight excluding hydrogens is 332 g/mol. The lowest BCUT2D eigenvalue weighted by atomic mass is 9.89. The molecule has 8 heteroatoms. The van der Waals surface area contributed by atoms with Crippen LogP contribution in [-0.2, 0) is 4.79 Å². The van der Waals surface area contributed by atoms with Gasteiger partial charge in [-0.2, -0.15) is 0 Å². The molecule has 0 spiro atoms.